The molecule has 0 nitrogen and oxygen atoms in total. The minimum Gasteiger partial charge on any atom is -0.171 e. The molecule has 0 saturated carbocycles. The Kier molecular flexibility index (Phi) is 7.18. The lowest BCUT2D eigenvalue weighted by molar-refractivity contribution is -0.129. The van der Waals surface area contributed by atoms with Crippen molar-refractivity contribution < 1.29 is 13.2 Å². The number of hydrogen-bond donors (Lipinski definition) is 0. The lowest BCUT2D eigenvalue weighted by atomic mass is 10.5. The fourth-order valence-corrected chi connectivity index (χ4v) is 0.557. The van der Waals surface area contributed by atoms with Gasteiger partial charge in [0.15, 0.2) is 0 Å². The van der Waals surface area contributed by atoms with Gasteiger partial charge in [-0.25, -0.2) is 0 Å². The summed E-state index contributed by atoms with van der Waals surface area (Å²) in [6.45, 7) is 0. The monoisotopic (exact) mass is 200 g/mol. The number of halogens is 4. The van der Waals surface area contributed by atoms with Gasteiger partial charge in [0.1, 0.15) is 0 Å². The van der Waals surface area contributed by atoms with Crippen molar-refractivity contribution in [1.29, 1.82) is 0 Å². The van der Waals surface area contributed by atoms with Gasteiger partial charge >= 0.3 is 6.18 Å². The van der Waals surface area contributed by atoms with Gasteiger partial charge in [0, 0.05) is 28.4 Å². The summed E-state index contributed by atoms with van der Waals surface area (Å²) in [5.41, 5.74) is 0. The van der Waals surface area contributed by atoms with Gasteiger partial charge < -0.3 is 0 Å². The molecule has 0 aliphatic rings. The zero-order valence-electron chi connectivity index (χ0n) is 4.13. The predicted octanol–water partition coefficient (Wildman–Crippen LogP) is 1.95. The first-order valence-corrected chi connectivity index (χ1v) is 2.81. The van der Waals surface area contributed by atoms with E-state index in [1.165, 1.54) is 0 Å². The van der Waals surface area contributed by atoms with E-state index >= 15 is 0 Å². The summed E-state index contributed by atoms with van der Waals surface area (Å²) in [6.07, 6.45) is -4.74. The maximum Gasteiger partial charge on any atom is 0.389 e. The van der Waals surface area contributed by atoms with Gasteiger partial charge in [-0.3, -0.25) is 0 Å². The second-order valence-electron chi connectivity index (χ2n) is 1.05. The molecule has 0 aromatic carbocycles. The van der Waals surface area contributed by atoms with Crippen LogP contribution >= 0.6 is 15.9 Å². The van der Waals surface area contributed by atoms with Crippen molar-refractivity contribution in [3.05, 3.63) is 0 Å². The van der Waals surface area contributed by atoms with Gasteiger partial charge in [0.05, 0.1) is 6.42 Å². The molecule has 0 aromatic heterocycles. The van der Waals surface area contributed by atoms with Crippen LogP contribution in [0.1, 0.15) is 6.42 Å². The zero-order valence-corrected chi connectivity index (χ0v) is 7.13. The first-order chi connectivity index (χ1) is 3.06. The Morgan fingerprint density at radius 1 is 1.25 bits per heavy atom. The third kappa shape index (κ3) is 10.1. The highest BCUT2D eigenvalue weighted by molar-refractivity contribution is 9.09. The van der Waals surface area contributed by atoms with Crippen molar-refractivity contribution in [2.75, 3.05) is 5.33 Å². The Morgan fingerprint density at radius 2 is 1.62 bits per heavy atom. The maximum absolute atomic E-state index is 11.0. The van der Waals surface area contributed by atoms with Crippen molar-refractivity contribution in [2.24, 2.45) is 0 Å². The first-order valence-electron chi connectivity index (χ1n) is 1.69. The van der Waals surface area contributed by atoms with Crippen molar-refractivity contribution in [2.45, 2.75) is 12.6 Å². The van der Waals surface area contributed by atoms with Gasteiger partial charge in [-0.2, -0.15) is 13.2 Å². The Bertz CT molecular complexity index is 53.0. The molecule has 0 aliphatic carbocycles. The highest BCUT2D eigenvalue weighted by Gasteiger charge is 2.25. The standard InChI is InChI=1S/C3H4BrF3.Mg/c4-2-1-3(5,6)7;/h1-2H2;. The highest BCUT2D eigenvalue weighted by Crippen LogP contribution is 2.19. The lowest BCUT2D eigenvalue weighted by Gasteiger charge is -1.99. The molecule has 0 bridgehead atoms. The highest BCUT2D eigenvalue weighted by atomic mass is 79.9. The van der Waals surface area contributed by atoms with Gasteiger partial charge in [0.25, 0.3) is 0 Å². The van der Waals surface area contributed by atoms with Crippen LogP contribution in [-0.4, -0.2) is 34.6 Å². The van der Waals surface area contributed by atoms with Crippen LogP contribution in [0.2, 0.25) is 0 Å². The molecule has 0 aromatic rings. The molecule has 0 heterocycles. The van der Waals surface area contributed by atoms with Crippen LogP contribution in [0.15, 0.2) is 0 Å². The fraction of sp³-hybridized carbons (Fsp3) is 1.00. The van der Waals surface area contributed by atoms with E-state index in [0.717, 1.165) is 0 Å². The molecule has 0 N–H and O–H groups in total. The van der Waals surface area contributed by atoms with E-state index in [0.29, 0.717) is 0 Å². The Balaban J connectivity index is 0. The summed E-state index contributed by atoms with van der Waals surface area (Å²) in [6, 6.07) is 0. The average Bonchev–Trinajstić information content (AvgIpc) is 1.30. The molecule has 0 amide bonds. The minimum atomic E-state index is -4.00. The third-order valence-electron chi connectivity index (χ3n) is 0.378. The van der Waals surface area contributed by atoms with Crippen molar-refractivity contribution in [3.8, 4) is 0 Å². The second kappa shape index (κ2) is 4.87. The summed E-state index contributed by atoms with van der Waals surface area (Å²) in [5, 5.41) is -0.00347. The van der Waals surface area contributed by atoms with Crippen LogP contribution in [0, 0.1) is 0 Å². The van der Waals surface area contributed by atoms with Crippen molar-refractivity contribution >= 4 is 39.0 Å². The molecule has 5 heteroatoms. The van der Waals surface area contributed by atoms with Gasteiger partial charge in [0.2, 0.25) is 0 Å². The first kappa shape index (κ1) is 11.8. The van der Waals surface area contributed by atoms with Crippen LogP contribution in [0.4, 0.5) is 13.2 Å². The third-order valence-corrected chi connectivity index (χ3v) is 0.774. The number of rotatable bonds is 1. The van der Waals surface area contributed by atoms with Crippen molar-refractivity contribution in [1.82, 2.24) is 0 Å². The van der Waals surface area contributed by atoms with E-state index in [1.807, 2.05) is 0 Å². The van der Waals surface area contributed by atoms with Crippen LogP contribution in [0.25, 0.3) is 0 Å². The molecule has 0 fully saturated rings. The summed E-state index contributed by atoms with van der Waals surface area (Å²) >= 11 is 2.67. The average molecular weight is 201 g/mol. The molecular formula is C3H4BrF3Mg. The van der Waals surface area contributed by atoms with E-state index < -0.39 is 12.6 Å². The molecule has 46 valence electrons. The number of alkyl halides is 4. The van der Waals surface area contributed by atoms with Gasteiger partial charge in [-0.1, -0.05) is 15.9 Å². The molecule has 0 aliphatic heterocycles. The predicted molar refractivity (Wildman–Crippen MR) is 30.2 cm³/mol. The summed E-state index contributed by atoms with van der Waals surface area (Å²) in [4.78, 5) is 0. The molecular weight excluding hydrogens is 197 g/mol. The second-order valence-corrected chi connectivity index (χ2v) is 1.85. The summed E-state index contributed by atoms with van der Waals surface area (Å²) in [7, 11) is 0. The number of hydrogen-bond acceptors (Lipinski definition) is 0. The normalized spacial score (nSPS) is 10.5. The SMILES string of the molecule is FC(F)(F)CCBr.[Mg]. The Morgan fingerprint density at radius 3 is 1.62 bits per heavy atom. The van der Waals surface area contributed by atoms with E-state index in [9.17, 15) is 13.2 Å². The molecule has 0 saturated heterocycles. The van der Waals surface area contributed by atoms with Crippen LogP contribution in [-0.2, 0) is 0 Å². The van der Waals surface area contributed by atoms with E-state index in [4.69, 9.17) is 0 Å². The smallest absolute Gasteiger partial charge is 0.171 e. The maximum atomic E-state index is 11.0. The summed E-state index contributed by atoms with van der Waals surface area (Å²) < 4.78 is 33.1. The van der Waals surface area contributed by atoms with Gasteiger partial charge in [-0.05, 0) is 0 Å². The van der Waals surface area contributed by atoms with Crippen LogP contribution < -0.4 is 0 Å². The Hall–Kier alpha value is 1.04. The molecule has 2 radical (unpaired) electrons. The topological polar surface area (TPSA) is 0 Å². The zero-order chi connectivity index (χ0) is 5.91. The van der Waals surface area contributed by atoms with Gasteiger partial charge in [-0.15, -0.1) is 0 Å². The molecule has 0 spiro atoms. The van der Waals surface area contributed by atoms with Crippen molar-refractivity contribution in [3.63, 3.8) is 0 Å². The van der Waals surface area contributed by atoms with Crippen LogP contribution in [0.5, 0.6) is 0 Å². The molecule has 0 rings (SSSR count). The minimum absolute atomic E-state index is 0. The Labute approximate surface area is 70.1 Å². The van der Waals surface area contributed by atoms with Crippen LogP contribution in [0.3, 0.4) is 0 Å². The quantitative estimate of drug-likeness (QED) is 0.449. The van der Waals surface area contributed by atoms with E-state index in [1.54, 1.807) is 0 Å². The fourth-order valence-electron chi connectivity index (χ4n) is 0.107. The molecule has 8 heavy (non-hydrogen) atoms. The van der Waals surface area contributed by atoms with E-state index in [2.05, 4.69) is 15.9 Å². The molecule has 0 unspecified atom stereocenters. The summed E-state index contributed by atoms with van der Waals surface area (Å²) in [5.74, 6) is 0. The molecule has 0 atom stereocenters. The lowest BCUT2D eigenvalue weighted by Crippen LogP contribution is -2.06. The van der Waals surface area contributed by atoms with E-state index in [-0.39, 0.29) is 28.4 Å². The largest absolute Gasteiger partial charge is 0.389 e.